The number of hydrogen-bond acceptors (Lipinski definition) is 3. The first kappa shape index (κ1) is 14.8. The summed E-state index contributed by atoms with van der Waals surface area (Å²) in [5.41, 5.74) is 1.06. The molecular weight excluding hydrogens is 375 g/mol. The van der Waals surface area contributed by atoms with E-state index in [-0.39, 0.29) is 9.92 Å². The third-order valence-electron chi connectivity index (χ3n) is 2.56. The van der Waals surface area contributed by atoms with Gasteiger partial charge in [0.15, 0.2) is 0 Å². The van der Waals surface area contributed by atoms with Gasteiger partial charge in [-0.2, -0.15) is 17.6 Å². The van der Waals surface area contributed by atoms with Crippen LogP contribution in [0, 0.1) is 13.8 Å². The summed E-state index contributed by atoms with van der Waals surface area (Å²) in [5, 5.41) is 4.41. The van der Waals surface area contributed by atoms with Crippen LogP contribution in [0.2, 0.25) is 10.0 Å². The number of aromatic nitrogens is 2. The predicted molar refractivity (Wildman–Crippen MR) is 78.4 cm³/mol. The summed E-state index contributed by atoms with van der Waals surface area (Å²) in [6.45, 7) is 3.36. The molecule has 0 aliphatic carbocycles. The molecular formula is C11H9BrCl2N2O2S. The molecule has 0 atom stereocenters. The van der Waals surface area contributed by atoms with E-state index in [2.05, 4.69) is 21.0 Å². The standard InChI is InChI=1S/C11H9BrCl2N2O2S/c1-6-11(12)7(2)16(15-6)19(17,18)10-5-8(13)3-4-9(10)14/h3-5H,1-2H3. The van der Waals surface area contributed by atoms with Crippen LogP contribution < -0.4 is 0 Å². The molecule has 0 fully saturated rings. The highest BCUT2D eigenvalue weighted by Crippen LogP contribution is 2.29. The van der Waals surface area contributed by atoms with Gasteiger partial charge in [-0.15, -0.1) is 0 Å². The van der Waals surface area contributed by atoms with Crippen LogP contribution in [0.1, 0.15) is 11.4 Å². The molecule has 0 amide bonds. The fraction of sp³-hybridized carbons (Fsp3) is 0.182. The molecule has 8 heteroatoms. The number of aryl methyl sites for hydroxylation is 1. The van der Waals surface area contributed by atoms with Gasteiger partial charge in [-0.25, -0.2) is 0 Å². The number of benzene rings is 1. The first-order chi connectivity index (χ1) is 8.75. The van der Waals surface area contributed by atoms with E-state index < -0.39 is 10.0 Å². The summed E-state index contributed by atoms with van der Waals surface area (Å²) >= 11 is 15.1. The predicted octanol–water partition coefficient (Wildman–Crippen LogP) is 3.81. The lowest BCUT2D eigenvalue weighted by atomic mass is 10.4. The van der Waals surface area contributed by atoms with Gasteiger partial charge in [0, 0.05) is 5.02 Å². The first-order valence-electron chi connectivity index (χ1n) is 5.17. The van der Waals surface area contributed by atoms with Crippen molar-refractivity contribution >= 4 is 49.2 Å². The van der Waals surface area contributed by atoms with Gasteiger partial charge >= 0.3 is 0 Å². The highest BCUT2D eigenvalue weighted by Gasteiger charge is 2.25. The Bertz CT molecular complexity index is 756. The maximum absolute atomic E-state index is 12.5. The highest BCUT2D eigenvalue weighted by atomic mass is 79.9. The smallest absolute Gasteiger partial charge is 0.199 e. The zero-order chi connectivity index (χ0) is 14.4. The Balaban J connectivity index is 2.72. The average molecular weight is 384 g/mol. The van der Waals surface area contributed by atoms with E-state index in [0.29, 0.717) is 20.9 Å². The van der Waals surface area contributed by atoms with E-state index >= 15 is 0 Å². The lowest BCUT2D eigenvalue weighted by Crippen LogP contribution is -2.16. The second-order valence-electron chi connectivity index (χ2n) is 3.91. The molecule has 0 bridgehead atoms. The van der Waals surface area contributed by atoms with E-state index in [1.807, 2.05) is 0 Å². The van der Waals surface area contributed by atoms with E-state index in [4.69, 9.17) is 23.2 Å². The topological polar surface area (TPSA) is 52.0 Å². The first-order valence-corrected chi connectivity index (χ1v) is 8.16. The van der Waals surface area contributed by atoms with Gasteiger partial charge in [0.25, 0.3) is 10.0 Å². The van der Waals surface area contributed by atoms with Crippen molar-refractivity contribution in [3.05, 3.63) is 44.1 Å². The van der Waals surface area contributed by atoms with Crippen molar-refractivity contribution in [2.75, 3.05) is 0 Å². The molecule has 1 aromatic heterocycles. The van der Waals surface area contributed by atoms with Crippen LogP contribution >= 0.6 is 39.1 Å². The fourth-order valence-electron chi connectivity index (χ4n) is 1.60. The minimum absolute atomic E-state index is 0.0697. The second kappa shape index (κ2) is 5.09. The van der Waals surface area contributed by atoms with Crippen molar-refractivity contribution in [2.45, 2.75) is 18.7 Å². The molecule has 102 valence electrons. The van der Waals surface area contributed by atoms with Gasteiger partial charge in [-0.1, -0.05) is 23.2 Å². The fourth-order valence-corrected chi connectivity index (χ4v) is 4.07. The Labute approximate surface area is 129 Å². The van der Waals surface area contributed by atoms with Gasteiger partial charge < -0.3 is 0 Å². The summed E-state index contributed by atoms with van der Waals surface area (Å²) in [4.78, 5) is -0.0697. The monoisotopic (exact) mass is 382 g/mol. The second-order valence-corrected chi connectivity index (χ2v) is 7.28. The van der Waals surface area contributed by atoms with Crippen molar-refractivity contribution < 1.29 is 8.42 Å². The van der Waals surface area contributed by atoms with Crippen molar-refractivity contribution in [1.82, 2.24) is 9.19 Å². The Morgan fingerprint density at radius 3 is 2.42 bits per heavy atom. The van der Waals surface area contributed by atoms with Crippen molar-refractivity contribution in [3.8, 4) is 0 Å². The molecule has 2 rings (SSSR count). The number of rotatable bonds is 2. The normalized spacial score (nSPS) is 11.8. The van der Waals surface area contributed by atoms with Crippen LogP contribution in [0.3, 0.4) is 0 Å². The Hall–Kier alpha value is -0.560. The van der Waals surface area contributed by atoms with Gasteiger partial charge in [0.2, 0.25) is 0 Å². The van der Waals surface area contributed by atoms with Crippen LogP contribution in [0.5, 0.6) is 0 Å². The maximum atomic E-state index is 12.5. The zero-order valence-electron chi connectivity index (χ0n) is 9.99. The summed E-state index contributed by atoms with van der Waals surface area (Å²) in [6, 6.07) is 4.28. The van der Waals surface area contributed by atoms with E-state index in [9.17, 15) is 8.42 Å². The summed E-state index contributed by atoms with van der Waals surface area (Å²) < 4.78 is 26.7. The molecule has 0 spiro atoms. The lowest BCUT2D eigenvalue weighted by Gasteiger charge is -2.08. The minimum atomic E-state index is -3.87. The minimum Gasteiger partial charge on any atom is -0.199 e. The summed E-state index contributed by atoms with van der Waals surface area (Å²) in [6.07, 6.45) is 0. The van der Waals surface area contributed by atoms with Gasteiger partial charge in [-0.3, -0.25) is 0 Å². The summed E-state index contributed by atoms with van der Waals surface area (Å²) in [7, 11) is -3.87. The van der Waals surface area contributed by atoms with E-state index in [1.54, 1.807) is 13.8 Å². The molecule has 0 N–H and O–H groups in total. The number of nitrogens with zero attached hydrogens (tertiary/aromatic N) is 2. The van der Waals surface area contributed by atoms with Crippen LogP contribution in [-0.2, 0) is 10.0 Å². The van der Waals surface area contributed by atoms with Crippen LogP contribution in [0.25, 0.3) is 0 Å². The molecule has 4 nitrogen and oxygen atoms in total. The molecule has 0 radical (unpaired) electrons. The zero-order valence-corrected chi connectivity index (χ0v) is 13.9. The molecule has 19 heavy (non-hydrogen) atoms. The van der Waals surface area contributed by atoms with Crippen molar-refractivity contribution in [2.24, 2.45) is 0 Å². The third kappa shape index (κ3) is 2.54. The largest absolute Gasteiger partial charge is 0.284 e. The van der Waals surface area contributed by atoms with E-state index in [0.717, 1.165) is 4.09 Å². The van der Waals surface area contributed by atoms with Gasteiger partial charge in [-0.05, 0) is 48.0 Å². The quantitative estimate of drug-likeness (QED) is 0.792. The molecule has 0 aliphatic heterocycles. The third-order valence-corrected chi connectivity index (χ3v) is 6.09. The summed E-state index contributed by atoms with van der Waals surface area (Å²) in [5.74, 6) is 0. The lowest BCUT2D eigenvalue weighted by molar-refractivity contribution is 0.578. The number of halogens is 3. The molecule has 2 aromatic rings. The Morgan fingerprint density at radius 1 is 1.26 bits per heavy atom. The average Bonchev–Trinajstić information content (AvgIpc) is 2.60. The SMILES string of the molecule is Cc1nn(S(=O)(=O)c2cc(Cl)ccc2Cl)c(C)c1Br. The molecule has 1 aromatic carbocycles. The van der Waals surface area contributed by atoms with Crippen LogP contribution in [0.15, 0.2) is 27.6 Å². The van der Waals surface area contributed by atoms with Crippen molar-refractivity contribution in [1.29, 1.82) is 0 Å². The van der Waals surface area contributed by atoms with E-state index in [1.165, 1.54) is 18.2 Å². The van der Waals surface area contributed by atoms with Crippen LogP contribution in [0.4, 0.5) is 0 Å². The maximum Gasteiger partial charge on any atom is 0.284 e. The molecule has 0 saturated carbocycles. The highest BCUT2D eigenvalue weighted by molar-refractivity contribution is 9.10. The van der Waals surface area contributed by atoms with Crippen LogP contribution in [-0.4, -0.2) is 17.6 Å². The van der Waals surface area contributed by atoms with Crippen molar-refractivity contribution in [3.63, 3.8) is 0 Å². The van der Waals surface area contributed by atoms with Gasteiger partial charge in [0.1, 0.15) is 4.90 Å². The number of hydrogen-bond donors (Lipinski definition) is 0. The Morgan fingerprint density at radius 2 is 1.89 bits per heavy atom. The molecule has 0 unspecified atom stereocenters. The Kier molecular flexibility index (Phi) is 3.97. The molecule has 1 heterocycles. The van der Waals surface area contributed by atoms with Gasteiger partial charge in [0.05, 0.1) is 20.9 Å². The molecule has 0 aliphatic rings. The molecule has 0 saturated heterocycles.